The molecule has 1 heterocycles. The summed E-state index contributed by atoms with van der Waals surface area (Å²) in [5.74, 6) is 0.564. The lowest BCUT2D eigenvalue weighted by molar-refractivity contribution is 0.0957. The minimum Gasteiger partial charge on any atom is -0.441 e. The number of rotatable bonds is 2. The van der Waals surface area contributed by atoms with Gasteiger partial charge in [-0.05, 0) is 19.1 Å². The molecule has 0 aliphatic rings. The largest absolute Gasteiger partial charge is 0.441 e. The molecular formula is C12H13N3O2. The van der Waals surface area contributed by atoms with E-state index in [9.17, 15) is 4.79 Å². The van der Waals surface area contributed by atoms with Crippen molar-refractivity contribution >= 4 is 11.6 Å². The Labute approximate surface area is 98.6 Å². The number of nitrogens with zero attached hydrogens (tertiary/aromatic N) is 1. The Hall–Kier alpha value is -2.30. The van der Waals surface area contributed by atoms with Crippen LogP contribution in [-0.4, -0.2) is 17.9 Å². The van der Waals surface area contributed by atoms with Crippen LogP contribution in [0.3, 0.4) is 0 Å². The molecule has 0 unspecified atom stereocenters. The minimum atomic E-state index is -0.271. The molecule has 2 rings (SSSR count). The second-order valence-electron chi connectivity index (χ2n) is 3.59. The summed E-state index contributed by atoms with van der Waals surface area (Å²) in [6.07, 6.45) is 0. The number of amides is 1. The Bertz CT molecular complexity index is 561. The van der Waals surface area contributed by atoms with Crippen LogP contribution >= 0.6 is 0 Å². The molecule has 88 valence electrons. The molecule has 0 fully saturated rings. The van der Waals surface area contributed by atoms with Crippen LogP contribution in [0.5, 0.6) is 0 Å². The SMILES string of the molecule is CNC(=O)c1nc(-c2ccccc2N)oc1C. The number of hydrogen-bond donors (Lipinski definition) is 2. The average Bonchev–Trinajstić information content (AvgIpc) is 2.71. The van der Waals surface area contributed by atoms with Crippen LogP contribution in [0.25, 0.3) is 11.5 Å². The highest BCUT2D eigenvalue weighted by Crippen LogP contribution is 2.26. The van der Waals surface area contributed by atoms with Crippen LogP contribution in [0.4, 0.5) is 5.69 Å². The first-order valence-corrected chi connectivity index (χ1v) is 5.18. The lowest BCUT2D eigenvalue weighted by Gasteiger charge is -1.98. The molecule has 0 spiro atoms. The first kappa shape index (κ1) is 11.2. The van der Waals surface area contributed by atoms with Crippen molar-refractivity contribution in [3.8, 4) is 11.5 Å². The Balaban J connectivity index is 2.49. The van der Waals surface area contributed by atoms with E-state index in [0.717, 1.165) is 0 Å². The summed E-state index contributed by atoms with van der Waals surface area (Å²) in [7, 11) is 1.55. The summed E-state index contributed by atoms with van der Waals surface area (Å²) in [6, 6.07) is 7.22. The molecule has 0 saturated heterocycles. The molecule has 0 saturated carbocycles. The predicted molar refractivity (Wildman–Crippen MR) is 64.5 cm³/mol. The fraction of sp³-hybridized carbons (Fsp3) is 0.167. The van der Waals surface area contributed by atoms with E-state index < -0.39 is 0 Å². The van der Waals surface area contributed by atoms with Gasteiger partial charge >= 0.3 is 0 Å². The molecule has 3 N–H and O–H groups in total. The Kier molecular flexibility index (Phi) is 2.82. The molecule has 1 amide bonds. The number of para-hydroxylation sites is 1. The van der Waals surface area contributed by atoms with Crippen LogP contribution in [0, 0.1) is 6.92 Å². The van der Waals surface area contributed by atoms with Crippen molar-refractivity contribution in [3.63, 3.8) is 0 Å². The molecule has 0 radical (unpaired) electrons. The maximum atomic E-state index is 11.5. The summed E-state index contributed by atoms with van der Waals surface area (Å²) in [5.41, 5.74) is 7.36. The second-order valence-corrected chi connectivity index (χ2v) is 3.59. The summed E-state index contributed by atoms with van der Waals surface area (Å²) < 4.78 is 5.45. The quantitative estimate of drug-likeness (QED) is 0.769. The number of benzene rings is 1. The van der Waals surface area contributed by atoms with Gasteiger partial charge in [0.05, 0.1) is 5.56 Å². The number of carbonyl (C=O) groups is 1. The van der Waals surface area contributed by atoms with Gasteiger partial charge in [0.25, 0.3) is 5.91 Å². The summed E-state index contributed by atoms with van der Waals surface area (Å²) in [4.78, 5) is 15.7. The van der Waals surface area contributed by atoms with Crippen molar-refractivity contribution in [2.45, 2.75) is 6.92 Å². The van der Waals surface area contributed by atoms with Gasteiger partial charge in [0.1, 0.15) is 5.76 Å². The van der Waals surface area contributed by atoms with Crippen molar-refractivity contribution in [2.24, 2.45) is 0 Å². The van der Waals surface area contributed by atoms with Crippen molar-refractivity contribution in [3.05, 3.63) is 35.7 Å². The van der Waals surface area contributed by atoms with E-state index in [1.807, 2.05) is 12.1 Å². The van der Waals surface area contributed by atoms with Gasteiger partial charge in [0, 0.05) is 12.7 Å². The van der Waals surface area contributed by atoms with Crippen LogP contribution in [0.15, 0.2) is 28.7 Å². The number of nitrogen functional groups attached to an aromatic ring is 1. The molecule has 0 aliphatic carbocycles. The maximum absolute atomic E-state index is 11.5. The Morgan fingerprint density at radius 1 is 1.41 bits per heavy atom. The second kappa shape index (κ2) is 4.29. The van der Waals surface area contributed by atoms with Crippen LogP contribution < -0.4 is 11.1 Å². The zero-order valence-electron chi connectivity index (χ0n) is 9.65. The molecule has 5 heteroatoms. The third-order valence-corrected chi connectivity index (χ3v) is 2.43. The van der Waals surface area contributed by atoms with Gasteiger partial charge in [-0.15, -0.1) is 0 Å². The molecule has 2 aromatic rings. The normalized spacial score (nSPS) is 10.2. The van der Waals surface area contributed by atoms with Gasteiger partial charge < -0.3 is 15.5 Å². The minimum absolute atomic E-state index is 0.271. The van der Waals surface area contributed by atoms with Crippen molar-refractivity contribution in [1.82, 2.24) is 10.3 Å². The van der Waals surface area contributed by atoms with Gasteiger partial charge in [0.2, 0.25) is 5.89 Å². The van der Waals surface area contributed by atoms with E-state index in [1.54, 1.807) is 26.1 Å². The van der Waals surface area contributed by atoms with Gasteiger partial charge in [0.15, 0.2) is 5.69 Å². The lowest BCUT2D eigenvalue weighted by Crippen LogP contribution is -2.19. The summed E-state index contributed by atoms with van der Waals surface area (Å²) >= 11 is 0. The molecule has 1 aromatic carbocycles. The summed E-state index contributed by atoms with van der Waals surface area (Å²) in [6.45, 7) is 1.69. The van der Waals surface area contributed by atoms with Gasteiger partial charge in [-0.25, -0.2) is 4.98 Å². The van der Waals surface area contributed by atoms with Gasteiger partial charge in [-0.1, -0.05) is 12.1 Å². The average molecular weight is 231 g/mol. The van der Waals surface area contributed by atoms with Crippen molar-refractivity contribution in [1.29, 1.82) is 0 Å². The molecule has 0 atom stereocenters. The van der Waals surface area contributed by atoms with Crippen molar-refractivity contribution < 1.29 is 9.21 Å². The number of carbonyl (C=O) groups excluding carboxylic acids is 1. The fourth-order valence-electron chi connectivity index (χ4n) is 1.53. The van der Waals surface area contributed by atoms with E-state index in [1.165, 1.54) is 0 Å². The molecule has 0 aliphatic heterocycles. The number of aromatic nitrogens is 1. The lowest BCUT2D eigenvalue weighted by atomic mass is 10.2. The highest BCUT2D eigenvalue weighted by Gasteiger charge is 2.17. The monoisotopic (exact) mass is 231 g/mol. The number of anilines is 1. The first-order chi connectivity index (χ1) is 8.13. The standard InChI is InChI=1S/C12H13N3O2/c1-7-10(11(16)14-2)15-12(17-7)8-5-3-4-6-9(8)13/h3-6H,13H2,1-2H3,(H,14,16). The Morgan fingerprint density at radius 2 is 2.12 bits per heavy atom. The first-order valence-electron chi connectivity index (χ1n) is 5.18. The highest BCUT2D eigenvalue weighted by atomic mass is 16.4. The zero-order valence-corrected chi connectivity index (χ0v) is 9.65. The summed E-state index contributed by atoms with van der Waals surface area (Å²) in [5, 5.41) is 2.51. The zero-order chi connectivity index (χ0) is 12.4. The molecule has 17 heavy (non-hydrogen) atoms. The number of oxazole rings is 1. The van der Waals surface area contributed by atoms with Gasteiger partial charge in [-0.2, -0.15) is 0 Å². The van der Waals surface area contributed by atoms with Crippen LogP contribution in [0.1, 0.15) is 16.2 Å². The number of nitrogens with two attached hydrogens (primary N) is 1. The number of nitrogens with one attached hydrogen (secondary N) is 1. The molecular weight excluding hydrogens is 218 g/mol. The maximum Gasteiger partial charge on any atom is 0.273 e. The number of hydrogen-bond acceptors (Lipinski definition) is 4. The molecule has 5 nitrogen and oxygen atoms in total. The van der Waals surface area contributed by atoms with E-state index in [0.29, 0.717) is 22.9 Å². The third kappa shape index (κ3) is 1.99. The molecule has 0 bridgehead atoms. The molecule has 1 aromatic heterocycles. The van der Waals surface area contributed by atoms with E-state index in [2.05, 4.69) is 10.3 Å². The van der Waals surface area contributed by atoms with Crippen LogP contribution in [0.2, 0.25) is 0 Å². The third-order valence-electron chi connectivity index (χ3n) is 2.43. The topological polar surface area (TPSA) is 81.2 Å². The van der Waals surface area contributed by atoms with E-state index in [4.69, 9.17) is 10.2 Å². The fourth-order valence-corrected chi connectivity index (χ4v) is 1.53. The number of aryl methyl sites for hydroxylation is 1. The van der Waals surface area contributed by atoms with Crippen LogP contribution in [-0.2, 0) is 0 Å². The van der Waals surface area contributed by atoms with E-state index in [-0.39, 0.29) is 11.6 Å². The van der Waals surface area contributed by atoms with Gasteiger partial charge in [-0.3, -0.25) is 4.79 Å². The highest BCUT2D eigenvalue weighted by molar-refractivity contribution is 5.93. The van der Waals surface area contributed by atoms with E-state index >= 15 is 0 Å². The smallest absolute Gasteiger partial charge is 0.273 e. The van der Waals surface area contributed by atoms with Crippen molar-refractivity contribution in [2.75, 3.05) is 12.8 Å². The Morgan fingerprint density at radius 3 is 2.76 bits per heavy atom. The predicted octanol–water partition coefficient (Wildman–Crippen LogP) is 1.59.